The van der Waals surface area contributed by atoms with Crippen LogP contribution < -0.4 is 5.32 Å². The molecule has 0 atom stereocenters. The molecule has 0 amide bonds. The molecule has 94 valence electrons. The Balaban J connectivity index is 2.05. The largest absolute Gasteiger partial charge is 0.380 e. The highest BCUT2D eigenvalue weighted by Gasteiger charge is 2.24. The molecule has 0 radical (unpaired) electrons. The molecule has 0 aliphatic carbocycles. The van der Waals surface area contributed by atoms with Gasteiger partial charge in [-0.1, -0.05) is 17.7 Å². The van der Waals surface area contributed by atoms with E-state index in [-0.39, 0.29) is 22.6 Å². The summed E-state index contributed by atoms with van der Waals surface area (Å²) in [5, 5.41) is 3.07. The number of rotatable bonds is 2. The number of nitrogens with one attached hydrogen (secondary N) is 1. The maximum atomic E-state index is 13.6. The normalized spacial score (nSPS) is 20.1. The molecular formula is C11H13ClFNO2S. The van der Waals surface area contributed by atoms with Crippen molar-refractivity contribution in [2.24, 2.45) is 0 Å². The van der Waals surface area contributed by atoms with Crippen molar-refractivity contribution >= 4 is 27.1 Å². The fraction of sp³-hybridized carbons (Fsp3) is 0.455. The zero-order valence-corrected chi connectivity index (χ0v) is 10.7. The van der Waals surface area contributed by atoms with E-state index >= 15 is 0 Å². The summed E-state index contributed by atoms with van der Waals surface area (Å²) in [7, 11) is -2.89. The van der Waals surface area contributed by atoms with Gasteiger partial charge in [0.2, 0.25) is 0 Å². The van der Waals surface area contributed by atoms with Crippen molar-refractivity contribution in [1.82, 2.24) is 0 Å². The molecule has 1 heterocycles. The summed E-state index contributed by atoms with van der Waals surface area (Å²) in [6, 6.07) is 4.73. The number of sulfone groups is 1. The van der Waals surface area contributed by atoms with Crippen LogP contribution in [0.3, 0.4) is 0 Å². The highest BCUT2D eigenvalue weighted by molar-refractivity contribution is 7.91. The zero-order valence-electron chi connectivity index (χ0n) is 9.12. The number of halogens is 2. The molecule has 1 N–H and O–H groups in total. The van der Waals surface area contributed by atoms with Crippen molar-refractivity contribution in [2.75, 3.05) is 16.8 Å². The van der Waals surface area contributed by atoms with E-state index in [9.17, 15) is 12.8 Å². The quantitative estimate of drug-likeness (QED) is 0.903. The molecule has 0 aromatic heterocycles. The van der Waals surface area contributed by atoms with E-state index in [4.69, 9.17) is 11.6 Å². The van der Waals surface area contributed by atoms with Gasteiger partial charge in [0, 0.05) is 6.04 Å². The van der Waals surface area contributed by atoms with Crippen LogP contribution in [0.15, 0.2) is 18.2 Å². The molecule has 2 rings (SSSR count). The van der Waals surface area contributed by atoms with Gasteiger partial charge in [-0.25, -0.2) is 12.8 Å². The monoisotopic (exact) mass is 277 g/mol. The van der Waals surface area contributed by atoms with E-state index in [1.54, 1.807) is 12.1 Å². The third-order valence-corrected chi connectivity index (χ3v) is 4.87. The van der Waals surface area contributed by atoms with Crippen LogP contribution in [-0.4, -0.2) is 26.0 Å². The molecule has 0 bridgehead atoms. The summed E-state index contributed by atoms with van der Waals surface area (Å²) >= 11 is 5.67. The molecule has 1 saturated heterocycles. The van der Waals surface area contributed by atoms with Gasteiger partial charge in [0.1, 0.15) is 9.84 Å². The van der Waals surface area contributed by atoms with Gasteiger partial charge in [0.05, 0.1) is 22.2 Å². The van der Waals surface area contributed by atoms with E-state index in [2.05, 4.69) is 5.32 Å². The van der Waals surface area contributed by atoms with Crippen LogP contribution in [0, 0.1) is 5.82 Å². The predicted octanol–water partition coefficient (Wildman–Crippen LogP) is 2.47. The standard InChI is InChI=1S/C11H13ClFNO2S/c12-9-2-1-3-10(11(9)13)14-8-4-6-17(15,16)7-5-8/h1-3,8,14H,4-7H2. The van der Waals surface area contributed by atoms with Gasteiger partial charge in [0.15, 0.2) is 5.82 Å². The molecule has 1 aliphatic heterocycles. The van der Waals surface area contributed by atoms with Crippen LogP contribution in [0.2, 0.25) is 5.02 Å². The van der Waals surface area contributed by atoms with Gasteiger partial charge in [-0.05, 0) is 25.0 Å². The topological polar surface area (TPSA) is 46.2 Å². The van der Waals surface area contributed by atoms with Gasteiger partial charge in [0.25, 0.3) is 0 Å². The molecule has 17 heavy (non-hydrogen) atoms. The molecule has 1 aromatic rings. The minimum Gasteiger partial charge on any atom is -0.380 e. The lowest BCUT2D eigenvalue weighted by atomic mass is 10.1. The fourth-order valence-electron chi connectivity index (χ4n) is 1.87. The maximum Gasteiger partial charge on any atom is 0.164 e. The van der Waals surface area contributed by atoms with E-state index in [1.165, 1.54) is 6.07 Å². The third-order valence-electron chi connectivity index (χ3n) is 2.87. The minimum absolute atomic E-state index is 0.00788. The Kier molecular flexibility index (Phi) is 3.58. The van der Waals surface area contributed by atoms with Gasteiger partial charge >= 0.3 is 0 Å². The van der Waals surface area contributed by atoms with Crippen molar-refractivity contribution in [3.63, 3.8) is 0 Å². The van der Waals surface area contributed by atoms with Gasteiger partial charge < -0.3 is 5.32 Å². The first-order chi connectivity index (χ1) is 7.98. The summed E-state index contributed by atoms with van der Waals surface area (Å²) in [6.07, 6.45) is 1.02. The van der Waals surface area contributed by atoms with Gasteiger partial charge in [-0.3, -0.25) is 0 Å². The highest BCUT2D eigenvalue weighted by atomic mass is 35.5. The van der Waals surface area contributed by atoms with E-state index in [0.29, 0.717) is 18.5 Å². The van der Waals surface area contributed by atoms with Crippen molar-refractivity contribution in [1.29, 1.82) is 0 Å². The van der Waals surface area contributed by atoms with Crippen LogP contribution in [0.5, 0.6) is 0 Å². The molecule has 0 spiro atoms. The zero-order chi connectivity index (χ0) is 12.5. The van der Waals surface area contributed by atoms with Crippen LogP contribution in [0.1, 0.15) is 12.8 Å². The second-order valence-electron chi connectivity index (χ2n) is 4.17. The van der Waals surface area contributed by atoms with Crippen molar-refractivity contribution in [2.45, 2.75) is 18.9 Å². The molecule has 3 nitrogen and oxygen atoms in total. The Morgan fingerprint density at radius 3 is 2.59 bits per heavy atom. The molecule has 1 aliphatic rings. The smallest absolute Gasteiger partial charge is 0.164 e. The number of hydrogen-bond acceptors (Lipinski definition) is 3. The van der Waals surface area contributed by atoms with Crippen LogP contribution in [0.25, 0.3) is 0 Å². The van der Waals surface area contributed by atoms with Gasteiger partial charge in [-0.15, -0.1) is 0 Å². The molecule has 1 fully saturated rings. The van der Waals surface area contributed by atoms with Crippen molar-refractivity contribution in [3.05, 3.63) is 29.0 Å². The first kappa shape index (κ1) is 12.6. The summed E-state index contributed by atoms with van der Waals surface area (Å²) in [5.41, 5.74) is 0.335. The number of hydrogen-bond donors (Lipinski definition) is 1. The number of benzene rings is 1. The van der Waals surface area contributed by atoms with E-state index < -0.39 is 15.7 Å². The summed E-state index contributed by atoms with van der Waals surface area (Å²) in [4.78, 5) is 0. The van der Waals surface area contributed by atoms with Crippen molar-refractivity contribution < 1.29 is 12.8 Å². The van der Waals surface area contributed by atoms with Crippen LogP contribution in [0.4, 0.5) is 10.1 Å². The van der Waals surface area contributed by atoms with Crippen LogP contribution in [-0.2, 0) is 9.84 Å². The molecule has 1 aromatic carbocycles. The Bertz CT molecular complexity index is 504. The SMILES string of the molecule is O=S1(=O)CCC(Nc2cccc(Cl)c2F)CC1. The molecule has 0 saturated carbocycles. The second kappa shape index (κ2) is 4.82. The lowest BCUT2D eigenvalue weighted by molar-refractivity contribution is 0.557. The maximum absolute atomic E-state index is 13.6. The first-order valence-corrected chi connectivity index (χ1v) is 7.59. The minimum atomic E-state index is -2.89. The fourth-order valence-corrected chi connectivity index (χ4v) is 3.54. The van der Waals surface area contributed by atoms with Crippen molar-refractivity contribution in [3.8, 4) is 0 Å². The average molecular weight is 278 g/mol. The molecular weight excluding hydrogens is 265 g/mol. The Morgan fingerprint density at radius 2 is 1.94 bits per heavy atom. The molecule has 0 unspecified atom stereocenters. The molecule has 6 heteroatoms. The average Bonchev–Trinajstić information content (AvgIpc) is 2.27. The third kappa shape index (κ3) is 3.10. The second-order valence-corrected chi connectivity index (χ2v) is 6.88. The van der Waals surface area contributed by atoms with E-state index in [0.717, 1.165) is 0 Å². The summed E-state index contributed by atoms with van der Waals surface area (Å²) in [5.74, 6) is -0.165. The van der Waals surface area contributed by atoms with E-state index in [1.807, 2.05) is 0 Å². The first-order valence-electron chi connectivity index (χ1n) is 5.39. The Morgan fingerprint density at radius 1 is 1.29 bits per heavy atom. The Labute approximate surface area is 105 Å². The van der Waals surface area contributed by atoms with Crippen LogP contribution >= 0.6 is 11.6 Å². The summed E-state index contributed by atoms with van der Waals surface area (Å²) < 4.78 is 36.1. The summed E-state index contributed by atoms with van der Waals surface area (Å²) in [6.45, 7) is 0. The lowest BCUT2D eigenvalue weighted by Crippen LogP contribution is -2.32. The highest BCUT2D eigenvalue weighted by Crippen LogP contribution is 2.24. The number of anilines is 1. The predicted molar refractivity (Wildman–Crippen MR) is 66.7 cm³/mol. The Hall–Kier alpha value is -0.810. The van der Waals surface area contributed by atoms with Gasteiger partial charge in [-0.2, -0.15) is 0 Å². The lowest BCUT2D eigenvalue weighted by Gasteiger charge is -2.24.